The first kappa shape index (κ1) is 10.3. The molecule has 2 N–H and O–H groups in total. The third-order valence-electron chi connectivity index (χ3n) is 1.76. The second-order valence-electron chi connectivity index (χ2n) is 2.56. The maximum Gasteiger partial charge on any atom is 0.172 e. The van der Waals surface area contributed by atoms with Crippen molar-refractivity contribution in [1.29, 1.82) is 0 Å². The summed E-state index contributed by atoms with van der Waals surface area (Å²) in [7, 11) is 1.49. The van der Waals surface area contributed by atoms with Gasteiger partial charge in [0.25, 0.3) is 0 Å². The first-order valence-corrected chi connectivity index (χ1v) is 4.65. The number of aliphatic hydroxyl groups excluding tert-OH is 1. The number of aliphatic hydroxyl groups is 1. The van der Waals surface area contributed by atoms with E-state index in [0.717, 1.165) is 5.56 Å². The van der Waals surface area contributed by atoms with Crippen molar-refractivity contribution < 1.29 is 14.9 Å². The number of hydrogen-bond donors (Lipinski definition) is 2. The lowest BCUT2D eigenvalue weighted by Crippen LogP contribution is -1.93. The predicted molar refractivity (Wildman–Crippen MR) is 53.1 cm³/mol. The van der Waals surface area contributed by atoms with Crippen molar-refractivity contribution in [1.82, 2.24) is 0 Å². The molecule has 13 heavy (non-hydrogen) atoms. The maximum atomic E-state index is 9.55. The first-order chi connectivity index (χ1) is 6.20. The summed E-state index contributed by atoms with van der Waals surface area (Å²) in [5.41, 5.74) is 0.862. The molecule has 3 nitrogen and oxygen atoms in total. The van der Waals surface area contributed by atoms with Crippen LogP contribution in [-0.2, 0) is 6.42 Å². The molecule has 72 valence electrons. The summed E-state index contributed by atoms with van der Waals surface area (Å²) in [5.74, 6) is 0.502. The van der Waals surface area contributed by atoms with Crippen molar-refractivity contribution in [3.63, 3.8) is 0 Å². The van der Waals surface area contributed by atoms with Crippen LogP contribution in [0, 0.1) is 0 Å². The van der Waals surface area contributed by atoms with E-state index in [1.165, 1.54) is 7.11 Å². The Morgan fingerprint density at radius 1 is 1.46 bits per heavy atom. The van der Waals surface area contributed by atoms with Gasteiger partial charge in [-0.25, -0.2) is 0 Å². The van der Waals surface area contributed by atoms with E-state index >= 15 is 0 Å². The number of ether oxygens (including phenoxy) is 1. The number of halogens is 1. The van der Waals surface area contributed by atoms with Gasteiger partial charge in [-0.15, -0.1) is 0 Å². The van der Waals surface area contributed by atoms with Crippen molar-refractivity contribution in [2.24, 2.45) is 0 Å². The summed E-state index contributed by atoms with van der Waals surface area (Å²) in [4.78, 5) is 0. The minimum atomic E-state index is 0.0599. The highest BCUT2D eigenvalue weighted by Gasteiger charge is 2.09. The second kappa shape index (κ2) is 4.48. The molecule has 0 unspecified atom stereocenters. The average molecular weight is 247 g/mol. The Balaban J connectivity index is 3.07. The van der Waals surface area contributed by atoms with E-state index in [-0.39, 0.29) is 12.4 Å². The lowest BCUT2D eigenvalue weighted by molar-refractivity contribution is 0.299. The molecule has 4 heteroatoms. The zero-order chi connectivity index (χ0) is 9.84. The Hall–Kier alpha value is -0.740. The van der Waals surface area contributed by atoms with Crippen LogP contribution in [0.25, 0.3) is 0 Å². The predicted octanol–water partition coefficient (Wildman–Crippen LogP) is 1.70. The number of aromatic hydroxyl groups is 1. The molecule has 1 aromatic carbocycles. The van der Waals surface area contributed by atoms with Crippen molar-refractivity contribution in [2.45, 2.75) is 6.42 Å². The number of hydrogen-bond acceptors (Lipinski definition) is 3. The summed E-state index contributed by atoms with van der Waals surface area (Å²) < 4.78 is 5.50. The van der Waals surface area contributed by atoms with Gasteiger partial charge in [-0.2, -0.15) is 0 Å². The van der Waals surface area contributed by atoms with E-state index in [1.54, 1.807) is 12.1 Å². The molecule has 0 spiro atoms. The Bertz CT molecular complexity index is 299. The normalized spacial score (nSPS) is 10.1. The minimum absolute atomic E-state index is 0.0599. The van der Waals surface area contributed by atoms with E-state index in [9.17, 15) is 5.11 Å². The Kier molecular flexibility index (Phi) is 3.57. The molecule has 0 saturated heterocycles. The van der Waals surface area contributed by atoms with Gasteiger partial charge in [0, 0.05) is 6.61 Å². The van der Waals surface area contributed by atoms with E-state index < -0.39 is 0 Å². The Morgan fingerprint density at radius 2 is 2.15 bits per heavy atom. The smallest absolute Gasteiger partial charge is 0.172 e. The van der Waals surface area contributed by atoms with Gasteiger partial charge in [-0.05, 0) is 34.0 Å². The summed E-state index contributed by atoms with van der Waals surface area (Å²) >= 11 is 3.23. The SMILES string of the molecule is COc1ccc(CCO)c(Br)c1O. The summed E-state index contributed by atoms with van der Waals surface area (Å²) in [6, 6.07) is 3.48. The molecule has 0 fully saturated rings. The van der Waals surface area contributed by atoms with Crippen LogP contribution in [-0.4, -0.2) is 23.9 Å². The molecular formula is C9H11BrO3. The highest BCUT2D eigenvalue weighted by Crippen LogP contribution is 2.36. The molecule has 1 aromatic rings. The van der Waals surface area contributed by atoms with Gasteiger partial charge in [-0.1, -0.05) is 6.07 Å². The lowest BCUT2D eigenvalue weighted by Gasteiger charge is -2.08. The van der Waals surface area contributed by atoms with Crippen molar-refractivity contribution in [3.8, 4) is 11.5 Å². The van der Waals surface area contributed by atoms with E-state index in [0.29, 0.717) is 16.6 Å². The largest absolute Gasteiger partial charge is 0.503 e. The van der Waals surface area contributed by atoms with Crippen molar-refractivity contribution in [2.75, 3.05) is 13.7 Å². The third kappa shape index (κ3) is 2.14. The molecular weight excluding hydrogens is 236 g/mol. The second-order valence-corrected chi connectivity index (χ2v) is 3.36. The molecule has 0 bridgehead atoms. The summed E-state index contributed by atoms with van der Waals surface area (Å²) in [5, 5.41) is 18.3. The number of rotatable bonds is 3. The highest BCUT2D eigenvalue weighted by atomic mass is 79.9. The quantitative estimate of drug-likeness (QED) is 0.854. The van der Waals surface area contributed by atoms with Gasteiger partial charge in [0.15, 0.2) is 11.5 Å². The lowest BCUT2D eigenvalue weighted by atomic mass is 10.1. The molecule has 0 aromatic heterocycles. The van der Waals surface area contributed by atoms with Crippen molar-refractivity contribution >= 4 is 15.9 Å². The number of phenolic OH excluding ortho intramolecular Hbond substituents is 1. The fourth-order valence-electron chi connectivity index (χ4n) is 1.07. The molecule has 0 amide bonds. The number of methoxy groups -OCH3 is 1. The number of phenols is 1. The monoisotopic (exact) mass is 246 g/mol. The average Bonchev–Trinajstić information content (AvgIpc) is 2.14. The van der Waals surface area contributed by atoms with Crippen LogP contribution in [0.2, 0.25) is 0 Å². The Morgan fingerprint density at radius 3 is 2.69 bits per heavy atom. The van der Waals surface area contributed by atoms with Crippen LogP contribution in [0.3, 0.4) is 0 Å². The highest BCUT2D eigenvalue weighted by molar-refractivity contribution is 9.10. The molecule has 0 radical (unpaired) electrons. The topological polar surface area (TPSA) is 49.7 Å². The van der Waals surface area contributed by atoms with E-state index in [1.807, 2.05) is 0 Å². The molecule has 0 aliphatic heterocycles. The molecule has 0 heterocycles. The summed E-state index contributed by atoms with van der Waals surface area (Å²) in [6.45, 7) is 0.0599. The van der Waals surface area contributed by atoms with Gasteiger partial charge in [-0.3, -0.25) is 0 Å². The zero-order valence-electron chi connectivity index (χ0n) is 7.25. The standard InChI is InChI=1S/C9H11BrO3/c1-13-7-3-2-6(4-5-11)8(10)9(7)12/h2-3,11-12H,4-5H2,1H3. The van der Waals surface area contributed by atoms with Crippen LogP contribution in [0.5, 0.6) is 11.5 Å². The maximum absolute atomic E-state index is 9.55. The van der Waals surface area contributed by atoms with E-state index in [2.05, 4.69) is 15.9 Å². The molecule has 0 atom stereocenters. The van der Waals surface area contributed by atoms with E-state index in [4.69, 9.17) is 9.84 Å². The van der Waals surface area contributed by atoms with Crippen LogP contribution >= 0.6 is 15.9 Å². The summed E-state index contributed by atoms with van der Waals surface area (Å²) in [6.07, 6.45) is 0.512. The molecule has 0 saturated carbocycles. The third-order valence-corrected chi connectivity index (χ3v) is 2.65. The molecule has 1 rings (SSSR count). The Labute approximate surface area is 85.1 Å². The molecule has 0 aliphatic rings. The zero-order valence-corrected chi connectivity index (χ0v) is 8.84. The molecule has 0 aliphatic carbocycles. The van der Waals surface area contributed by atoms with Crippen LogP contribution in [0.1, 0.15) is 5.56 Å². The van der Waals surface area contributed by atoms with Gasteiger partial charge in [0.05, 0.1) is 11.6 Å². The van der Waals surface area contributed by atoms with Crippen LogP contribution in [0.4, 0.5) is 0 Å². The van der Waals surface area contributed by atoms with Gasteiger partial charge >= 0.3 is 0 Å². The van der Waals surface area contributed by atoms with Crippen molar-refractivity contribution in [3.05, 3.63) is 22.2 Å². The van der Waals surface area contributed by atoms with Gasteiger partial charge in [0.2, 0.25) is 0 Å². The minimum Gasteiger partial charge on any atom is -0.503 e. The fraction of sp³-hybridized carbons (Fsp3) is 0.333. The van der Waals surface area contributed by atoms with Crippen LogP contribution in [0.15, 0.2) is 16.6 Å². The first-order valence-electron chi connectivity index (χ1n) is 3.86. The van der Waals surface area contributed by atoms with Crippen LogP contribution < -0.4 is 4.74 Å². The number of benzene rings is 1. The van der Waals surface area contributed by atoms with Gasteiger partial charge in [0.1, 0.15) is 0 Å². The fourth-order valence-corrected chi connectivity index (χ4v) is 1.59. The van der Waals surface area contributed by atoms with Gasteiger partial charge < -0.3 is 14.9 Å².